The van der Waals surface area contributed by atoms with E-state index in [1.807, 2.05) is 65.6 Å². The van der Waals surface area contributed by atoms with Gasteiger partial charge in [-0.05, 0) is 36.5 Å². The summed E-state index contributed by atoms with van der Waals surface area (Å²) in [7, 11) is 0. The lowest BCUT2D eigenvalue weighted by atomic mass is 9.88. The number of carbonyl (C=O) groups is 2. The van der Waals surface area contributed by atoms with E-state index in [-0.39, 0.29) is 17.2 Å². The SMILES string of the molecule is O=C(NCc1ccccc1)[C@@H]1CS[C@@H](C2CCCCC2)N1C(=O)c1ccccc1. The van der Waals surface area contributed by atoms with Gasteiger partial charge >= 0.3 is 0 Å². The van der Waals surface area contributed by atoms with Crippen molar-refractivity contribution in [3.63, 3.8) is 0 Å². The second-order valence-electron chi connectivity index (χ2n) is 7.92. The van der Waals surface area contributed by atoms with Crippen molar-refractivity contribution >= 4 is 23.6 Å². The number of hydrogen-bond acceptors (Lipinski definition) is 3. The lowest BCUT2D eigenvalue weighted by Gasteiger charge is -2.35. The predicted octanol–water partition coefficient (Wildman–Crippen LogP) is 4.47. The van der Waals surface area contributed by atoms with Crippen molar-refractivity contribution < 1.29 is 9.59 Å². The summed E-state index contributed by atoms with van der Waals surface area (Å²) >= 11 is 1.78. The van der Waals surface area contributed by atoms with E-state index in [4.69, 9.17) is 0 Å². The largest absolute Gasteiger partial charge is 0.350 e. The number of nitrogens with one attached hydrogen (secondary N) is 1. The lowest BCUT2D eigenvalue weighted by molar-refractivity contribution is -0.125. The standard InChI is InChI=1S/C24H28N2O2S/c27-22(25-16-18-10-4-1-5-11-18)21-17-29-24(20-14-8-3-9-15-20)26(21)23(28)19-12-6-2-7-13-19/h1-2,4-7,10-13,20-21,24H,3,8-9,14-17H2,(H,25,27)/t21-,24-/m0/s1. The molecule has 2 fully saturated rings. The van der Waals surface area contributed by atoms with E-state index in [1.54, 1.807) is 11.8 Å². The van der Waals surface area contributed by atoms with Crippen LogP contribution < -0.4 is 5.32 Å². The number of hydrogen-bond donors (Lipinski definition) is 1. The quantitative estimate of drug-likeness (QED) is 0.794. The molecule has 0 bridgehead atoms. The molecule has 2 amide bonds. The molecule has 0 aromatic heterocycles. The molecular weight excluding hydrogens is 380 g/mol. The zero-order valence-electron chi connectivity index (χ0n) is 16.6. The van der Waals surface area contributed by atoms with Gasteiger partial charge in [-0.15, -0.1) is 11.8 Å². The second-order valence-corrected chi connectivity index (χ2v) is 9.07. The Morgan fingerprint density at radius 3 is 2.28 bits per heavy atom. The van der Waals surface area contributed by atoms with Crippen molar-refractivity contribution in [2.45, 2.75) is 50.1 Å². The van der Waals surface area contributed by atoms with Crippen LogP contribution in [0.15, 0.2) is 60.7 Å². The fourth-order valence-electron chi connectivity index (χ4n) is 4.40. The highest BCUT2D eigenvalue weighted by atomic mass is 32.2. The summed E-state index contributed by atoms with van der Waals surface area (Å²) in [5.41, 5.74) is 1.73. The first-order chi connectivity index (χ1) is 14.2. The monoisotopic (exact) mass is 408 g/mol. The molecule has 1 aliphatic carbocycles. The van der Waals surface area contributed by atoms with Crippen LogP contribution in [-0.2, 0) is 11.3 Å². The fourth-order valence-corrected chi connectivity index (χ4v) is 6.04. The number of nitrogens with zero attached hydrogens (tertiary/aromatic N) is 1. The zero-order chi connectivity index (χ0) is 20.1. The third-order valence-electron chi connectivity index (χ3n) is 5.96. The average molecular weight is 409 g/mol. The van der Waals surface area contributed by atoms with E-state index in [2.05, 4.69) is 5.32 Å². The molecule has 1 saturated carbocycles. The first kappa shape index (κ1) is 20.0. The van der Waals surface area contributed by atoms with Crippen LogP contribution in [0.2, 0.25) is 0 Å². The van der Waals surface area contributed by atoms with Crippen molar-refractivity contribution in [1.82, 2.24) is 10.2 Å². The number of benzene rings is 2. The molecule has 0 radical (unpaired) electrons. The summed E-state index contributed by atoms with van der Waals surface area (Å²) in [5.74, 6) is 1.07. The summed E-state index contributed by atoms with van der Waals surface area (Å²) in [6.45, 7) is 0.488. The smallest absolute Gasteiger partial charge is 0.255 e. The molecule has 29 heavy (non-hydrogen) atoms. The first-order valence-electron chi connectivity index (χ1n) is 10.5. The molecule has 2 atom stereocenters. The molecule has 2 aromatic carbocycles. The predicted molar refractivity (Wildman–Crippen MR) is 118 cm³/mol. The molecule has 2 aromatic rings. The number of rotatable bonds is 5. The Morgan fingerprint density at radius 2 is 1.59 bits per heavy atom. The molecule has 1 heterocycles. The van der Waals surface area contributed by atoms with Crippen LogP contribution in [-0.4, -0.2) is 33.9 Å². The Kier molecular flexibility index (Phi) is 6.55. The minimum atomic E-state index is -0.414. The van der Waals surface area contributed by atoms with Gasteiger partial charge in [0.05, 0.1) is 5.37 Å². The minimum absolute atomic E-state index is 0.0222. The maximum atomic E-state index is 13.4. The Bertz CT molecular complexity index is 821. The van der Waals surface area contributed by atoms with Gasteiger partial charge in [0.1, 0.15) is 6.04 Å². The van der Waals surface area contributed by atoms with Crippen LogP contribution in [0.5, 0.6) is 0 Å². The number of amides is 2. The van der Waals surface area contributed by atoms with Crippen LogP contribution in [0.1, 0.15) is 48.0 Å². The van der Waals surface area contributed by atoms with Gasteiger partial charge in [-0.1, -0.05) is 67.8 Å². The molecule has 1 saturated heterocycles. The van der Waals surface area contributed by atoms with Gasteiger partial charge in [-0.25, -0.2) is 0 Å². The maximum absolute atomic E-state index is 13.4. The molecule has 4 nitrogen and oxygen atoms in total. The second kappa shape index (κ2) is 9.49. The van der Waals surface area contributed by atoms with E-state index in [1.165, 1.54) is 19.3 Å². The molecule has 5 heteroatoms. The molecule has 2 aliphatic rings. The van der Waals surface area contributed by atoms with Gasteiger partial charge in [0, 0.05) is 17.9 Å². The Labute approximate surface area is 177 Å². The highest BCUT2D eigenvalue weighted by Gasteiger charge is 2.45. The number of carbonyl (C=O) groups excluding carboxylic acids is 2. The van der Waals surface area contributed by atoms with Gasteiger partial charge in [0.25, 0.3) is 5.91 Å². The van der Waals surface area contributed by atoms with Gasteiger partial charge in [-0.3, -0.25) is 9.59 Å². The van der Waals surface area contributed by atoms with Crippen LogP contribution in [0, 0.1) is 5.92 Å². The third kappa shape index (κ3) is 4.67. The normalized spacial score (nSPS) is 22.4. The molecule has 0 spiro atoms. The van der Waals surface area contributed by atoms with E-state index in [9.17, 15) is 9.59 Å². The van der Waals surface area contributed by atoms with Crippen molar-refractivity contribution in [3.8, 4) is 0 Å². The summed E-state index contributed by atoms with van der Waals surface area (Å²) < 4.78 is 0. The van der Waals surface area contributed by atoms with Crippen molar-refractivity contribution in [3.05, 3.63) is 71.8 Å². The molecular formula is C24H28N2O2S. The minimum Gasteiger partial charge on any atom is -0.350 e. The maximum Gasteiger partial charge on any atom is 0.255 e. The van der Waals surface area contributed by atoms with E-state index >= 15 is 0 Å². The molecule has 152 valence electrons. The van der Waals surface area contributed by atoms with Gasteiger partial charge in [-0.2, -0.15) is 0 Å². The summed E-state index contributed by atoms with van der Waals surface area (Å²) in [6.07, 6.45) is 6.02. The molecule has 1 aliphatic heterocycles. The molecule has 4 rings (SSSR count). The van der Waals surface area contributed by atoms with Gasteiger partial charge in [0.2, 0.25) is 5.91 Å². The zero-order valence-corrected chi connectivity index (χ0v) is 17.4. The Morgan fingerprint density at radius 1 is 0.931 bits per heavy atom. The van der Waals surface area contributed by atoms with E-state index in [0.717, 1.165) is 18.4 Å². The van der Waals surface area contributed by atoms with Crippen LogP contribution in [0.4, 0.5) is 0 Å². The molecule has 0 unspecified atom stereocenters. The van der Waals surface area contributed by atoms with Crippen LogP contribution in [0.3, 0.4) is 0 Å². The van der Waals surface area contributed by atoms with Gasteiger partial charge in [0.15, 0.2) is 0 Å². The molecule has 1 N–H and O–H groups in total. The first-order valence-corrected chi connectivity index (χ1v) is 11.6. The Hall–Kier alpha value is -2.27. The van der Waals surface area contributed by atoms with Gasteiger partial charge < -0.3 is 10.2 Å². The summed E-state index contributed by atoms with van der Waals surface area (Å²) in [4.78, 5) is 28.4. The van der Waals surface area contributed by atoms with E-state index < -0.39 is 6.04 Å². The van der Waals surface area contributed by atoms with E-state index in [0.29, 0.717) is 23.8 Å². The highest BCUT2D eigenvalue weighted by molar-refractivity contribution is 8.00. The Balaban J connectivity index is 1.52. The number of thioether (sulfide) groups is 1. The van der Waals surface area contributed by atoms with Crippen molar-refractivity contribution in [2.24, 2.45) is 5.92 Å². The average Bonchev–Trinajstić information content (AvgIpc) is 3.24. The summed E-state index contributed by atoms with van der Waals surface area (Å²) in [6, 6.07) is 18.9. The van der Waals surface area contributed by atoms with Crippen LogP contribution >= 0.6 is 11.8 Å². The summed E-state index contributed by atoms with van der Waals surface area (Å²) in [5, 5.41) is 3.15. The van der Waals surface area contributed by atoms with Crippen LogP contribution in [0.25, 0.3) is 0 Å². The highest BCUT2D eigenvalue weighted by Crippen LogP contribution is 2.41. The topological polar surface area (TPSA) is 49.4 Å². The third-order valence-corrected chi connectivity index (χ3v) is 7.42. The van der Waals surface area contributed by atoms with Crippen molar-refractivity contribution in [2.75, 3.05) is 5.75 Å². The van der Waals surface area contributed by atoms with Crippen molar-refractivity contribution in [1.29, 1.82) is 0 Å². The fraction of sp³-hybridized carbons (Fsp3) is 0.417. The lowest BCUT2D eigenvalue weighted by Crippen LogP contribution is -2.51.